The summed E-state index contributed by atoms with van der Waals surface area (Å²) in [6, 6.07) is 5.52. The number of sulfonamides is 2. The van der Waals surface area contributed by atoms with E-state index in [9.17, 15) is 16.8 Å². The van der Waals surface area contributed by atoms with Gasteiger partial charge in [0.05, 0.1) is 9.79 Å². The van der Waals surface area contributed by atoms with Gasteiger partial charge >= 0.3 is 0 Å². The summed E-state index contributed by atoms with van der Waals surface area (Å²) in [6.07, 6.45) is 2.69. The molecule has 0 amide bonds. The fourth-order valence-electron chi connectivity index (χ4n) is 2.48. The van der Waals surface area contributed by atoms with E-state index in [1.165, 1.54) is 28.6 Å². The maximum absolute atomic E-state index is 12.7. The molecule has 1 fully saturated rings. The van der Waals surface area contributed by atoms with E-state index in [1.807, 2.05) is 6.92 Å². The first-order valence-corrected chi connectivity index (χ1v) is 11.0. The summed E-state index contributed by atoms with van der Waals surface area (Å²) in [5.41, 5.74) is 0. The number of rotatable bonds is 7. The van der Waals surface area contributed by atoms with Crippen LogP contribution >= 0.6 is 12.4 Å². The number of halogens is 1. The van der Waals surface area contributed by atoms with E-state index in [4.69, 9.17) is 0 Å². The Kier molecular flexibility index (Phi) is 8.30. The third-order valence-corrected chi connectivity index (χ3v) is 7.46. The van der Waals surface area contributed by atoms with E-state index in [0.717, 1.165) is 19.3 Å². The van der Waals surface area contributed by atoms with Crippen LogP contribution in [-0.4, -0.2) is 53.9 Å². The van der Waals surface area contributed by atoms with Gasteiger partial charge in [-0.3, -0.25) is 0 Å². The van der Waals surface area contributed by atoms with Crippen LogP contribution in [0.3, 0.4) is 0 Å². The normalized spacial score (nSPS) is 17.7. The first-order valence-electron chi connectivity index (χ1n) is 8.04. The molecule has 1 unspecified atom stereocenters. The van der Waals surface area contributed by atoms with Gasteiger partial charge in [-0.15, -0.1) is 12.4 Å². The number of nitrogens with one attached hydrogen (secondary N) is 2. The lowest BCUT2D eigenvalue weighted by atomic mass is 10.2. The zero-order valence-electron chi connectivity index (χ0n) is 14.4. The van der Waals surface area contributed by atoms with Crippen molar-refractivity contribution in [2.45, 2.75) is 42.0 Å². The summed E-state index contributed by atoms with van der Waals surface area (Å²) < 4.78 is 54.0. The van der Waals surface area contributed by atoms with E-state index in [2.05, 4.69) is 10.0 Å². The fraction of sp³-hybridized carbons (Fsp3) is 0.600. The lowest BCUT2D eigenvalue weighted by Crippen LogP contribution is -2.37. The molecule has 144 valence electrons. The van der Waals surface area contributed by atoms with Gasteiger partial charge in [-0.25, -0.2) is 21.6 Å². The summed E-state index contributed by atoms with van der Waals surface area (Å²) in [6.45, 7) is 3.04. The second-order valence-electron chi connectivity index (χ2n) is 5.98. The molecule has 0 aliphatic carbocycles. The van der Waals surface area contributed by atoms with Crippen molar-refractivity contribution in [2.75, 3.05) is 26.7 Å². The molecule has 0 radical (unpaired) electrons. The highest BCUT2D eigenvalue weighted by molar-refractivity contribution is 7.90. The van der Waals surface area contributed by atoms with Gasteiger partial charge in [0.25, 0.3) is 0 Å². The predicted molar refractivity (Wildman–Crippen MR) is 100 cm³/mol. The van der Waals surface area contributed by atoms with Crippen molar-refractivity contribution in [3.63, 3.8) is 0 Å². The topological polar surface area (TPSA) is 95.6 Å². The summed E-state index contributed by atoms with van der Waals surface area (Å²) in [4.78, 5) is -0.0159. The summed E-state index contributed by atoms with van der Waals surface area (Å²) in [5.74, 6) is 0. The quantitative estimate of drug-likeness (QED) is 0.702. The molecule has 0 bridgehead atoms. The van der Waals surface area contributed by atoms with Gasteiger partial charge in [0, 0.05) is 25.7 Å². The molecule has 0 spiro atoms. The maximum atomic E-state index is 12.7. The van der Waals surface area contributed by atoms with E-state index < -0.39 is 20.0 Å². The average Bonchev–Trinajstić information content (AvgIpc) is 2.60. The molecule has 2 N–H and O–H groups in total. The lowest BCUT2D eigenvalue weighted by Gasteiger charge is -2.26. The number of likely N-dealkylation sites (N-methyl/N-ethyl adjacent to an activating group) is 1. The van der Waals surface area contributed by atoms with Crippen molar-refractivity contribution in [1.82, 2.24) is 14.3 Å². The van der Waals surface area contributed by atoms with Crippen LogP contribution in [0, 0.1) is 0 Å². The Balaban J connectivity index is 0.00000312. The van der Waals surface area contributed by atoms with Crippen LogP contribution in [0.5, 0.6) is 0 Å². The molecule has 1 aromatic carbocycles. The van der Waals surface area contributed by atoms with Gasteiger partial charge in [-0.05, 0) is 45.0 Å². The van der Waals surface area contributed by atoms with Crippen molar-refractivity contribution in [3.8, 4) is 0 Å². The molecule has 1 saturated heterocycles. The van der Waals surface area contributed by atoms with Crippen LogP contribution in [0.4, 0.5) is 0 Å². The molecule has 2 rings (SSSR count). The molecule has 1 aliphatic heterocycles. The summed E-state index contributed by atoms with van der Waals surface area (Å²) >= 11 is 0. The number of piperidine rings is 1. The second kappa shape index (κ2) is 9.29. The zero-order chi connectivity index (χ0) is 17.8. The smallest absolute Gasteiger partial charge is 0.243 e. The molecule has 10 heteroatoms. The van der Waals surface area contributed by atoms with Crippen molar-refractivity contribution < 1.29 is 16.8 Å². The van der Waals surface area contributed by atoms with Crippen molar-refractivity contribution >= 4 is 32.5 Å². The van der Waals surface area contributed by atoms with Crippen LogP contribution < -0.4 is 10.0 Å². The molecule has 1 atom stereocenters. The van der Waals surface area contributed by atoms with Gasteiger partial charge in [0.1, 0.15) is 0 Å². The first-order chi connectivity index (χ1) is 11.3. The van der Waals surface area contributed by atoms with E-state index >= 15 is 0 Å². The van der Waals surface area contributed by atoms with Crippen molar-refractivity contribution in [1.29, 1.82) is 0 Å². The van der Waals surface area contributed by atoms with Crippen LogP contribution in [0.25, 0.3) is 0 Å². The highest BCUT2D eigenvalue weighted by Crippen LogP contribution is 2.22. The highest BCUT2D eigenvalue weighted by Gasteiger charge is 2.27. The standard InChI is InChI=1S/C15H25N3O4S2.ClH/c1-13(16-2)12-17-23(19,20)14-7-6-8-15(11-14)24(21,22)18-9-4-3-5-10-18;/h6-8,11,13,16-17H,3-5,9-10,12H2,1-2H3;1H. The predicted octanol–water partition coefficient (Wildman–Crippen LogP) is 1.17. The van der Waals surface area contributed by atoms with Crippen LogP contribution in [-0.2, 0) is 20.0 Å². The Morgan fingerprint density at radius 3 is 2.28 bits per heavy atom. The molecular weight excluding hydrogens is 386 g/mol. The van der Waals surface area contributed by atoms with Gasteiger partial charge in [0.15, 0.2) is 0 Å². The monoisotopic (exact) mass is 411 g/mol. The Hall–Kier alpha value is -0.710. The van der Waals surface area contributed by atoms with Crippen LogP contribution in [0.1, 0.15) is 26.2 Å². The van der Waals surface area contributed by atoms with Crippen LogP contribution in [0.2, 0.25) is 0 Å². The molecule has 1 aliphatic rings. The zero-order valence-corrected chi connectivity index (χ0v) is 16.9. The Labute approximate surface area is 156 Å². The number of nitrogens with zero attached hydrogens (tertiary/aromatic N) is 1. The first kappa shape index (κ1) is 22.3. The van der Waals surface area contributed by atoms with Gasteiger partial charge in [-0.1, -0.05) is 12.5 Å². The van der Waals surface area contributed by atoms with E-state index in [1.54, 1.807) is 7.05 Å². The molecule has 7 nitrogen and oxygen atoms in total. The lowest BCUT2D eigenvalue weighted by molar-refractivity contribution is 0.346. The second-order valence-corrected chi connectivity index (χ2v) is 9.69. The van der Waals surface area contributed by atoms with Gasteiger partial charge in [-0.2, -0.15) is 4.31 Å². The van der Waals surface area contributed by atoms with Gasteiger partial charge in [0.2, 0.25) is 20.0 Å². The molecule has 1 heterocycles. The molecular formula is C15H26ClN3O4S2. The third kappa shape index (κ3) is 5.63. The Morgan fingerprint density at radius 2 is 1.68 bits per heavy atom. The van der Waals surface area contributed by atoms with Gasteiger partial charge < -0.3 is 5.32 Å². The molecule has 0 aromatic heterocycles. The largest absolute Gasteiger partial charge is 0.316 e. The Bertz CT molecular complexity index is 763. The van der Waals surface area contributed by atoms with Crippen molar-refractivity contribution in [2.24, 2.45) is 0 Å². The van der Waals surface area contributed by atoms with E-state index in [-0.39, 0.29) is 34.8 Å². The average molecular weight is 412 g/mol. The number of benzene rings is 1. The minimum Gasteiger partial charge on any atom is -0.316 e. The minimum absolute atomic E-state index is 0. The number of hydrogen-bond acceptors (Lipinski definition) is 5. The molecule has 1 aromatic rings. The minimum atomic E-state index is -3.75. The third-order valence-electron chi connectivity index (χ3n) is 4.14. The molecule has 0 saturated carbocycles. The number of hydrogen-bond donors (Lipinski definition) is 2. The summed E-state index contributed by atoms with van der Waals surface area (Å²) in [5, 5.41) is 2.94. The van der Waals surface area contributed by atoms with Crippen LogP contribution in [0.15, 0.2) is 34.1 Å². The SMILES string of the molecule is CNC(C)CNS(=O)(=O)c1cccc(S(=O)(=O)N2CCCCC2)c1.Cl. The summed E-state index contributed by atoms with van der Waals surface area (Å²) in [7, 11) is -5.66. The maximum Gasteiger partial charge on any atom is 0.243 e. The Morgan fingerprint density at radius 1 is 1.08 bits per heavy atom. The fourth-order valence-corrected chi connectivity index (χ4v) is 5.29. The van der Waals surface area contributed by atoms with Crippen molar-refractivity contribution in [3.05, 3.63) is 24.3 Å². The molecule has 25 heavy (non-hydrogen) atoms. The highest BCUT2D eigenvalue weighted by atomic mass is 35.5. The van der Waals surface area contributed by atoms with E-state index in [0.29, 0.717) is 13.1 Å².